The first-order chi connectivity index (χ1) is 13.0. The molecule has 2 aromatic carbocycles. The van der Waals surface area contributed by atoms with Crippen LogP contribution in [0.3, 0.4) is 0 Å². The molecule has 0 unspecified atom stereocenters. The van der Waals surface area contributed by atoms with E-state index in [1.807, 2.05) is 30.3 Å². The molecule has 1 heterocycles. The summed E-state index contributed by atoms with van der Waals surface area (Å²) in [5.74, 6) is -1.68. The number of carboxylic acid groups (broad SMARTS) is 1. The summed E-state index contributed by atoms with van der Waals surface area (Å²) in [5, 5.41) is 11.7. The zero-order chi connectivity index (χ0) is 19.4. The number of carbonyl (C=O) groups excluding carboxylic acids is 1. The minimum atomic E-state index is -1.15. The fourth-order valence-corrected chi connectivity index (χ4v) is 3.75. The smallest absolute Gasteiger partial charge is 0.337 e. The third-order valence-corrected chi connectivity index (χ3v) is 5.17. The van der Waals surface area contributed by atoms with Crippen LogP contribution in [0.15, 0.2) is 65.5 Å². The SMILES string of the molecule is O=C(Cn1c(=O)cc(-c2ccccc2)sc1=S)Nc1ccccc1C(=O)O. The molecular formula is C19H14N2O4S2. The predicted octanol–water partition coefficient (Wildman–Crippen LogP) is 3.64. The third-order valence-electron chi connectivity index (χ3n) is 3.73. The van der Waals surface area contributed by atoms with Crippen LogP contribution in [-0.4, -0.2) is 21.6 Å². The highest BCUT2D eigenvalue weighted by Gasteiger charge is 2.13. The molecule has 0 radical (unpaired) electrons. The van der Waals surface area contributed by atoms with Gasteiger partial charge in [0.2, 0.25) is 5.91 Å². The summed E-state index contributed by atoms with van der Waals surface area (Å²) in [6.45, 7) is -0.294. The second-order valence-electron chi connectivity index (χ2n) is 5.57. The van der Waals surface area contributed by atoms with E-state index in [1.54, 1.807) is 12.1 Å². The molecule has 27 heavy (non-hydrogen) atoms. The van der Waals surface area contributed by atoms with Gasteiger partial charge in [-0.3, -0.25) is 14.2 Å². The van der Waals surface area contributed by atoms with Gasteiger partial charge in [0.05, 0.1) is 11.3 Å². The number of hydrogen-bond acceptors (Lipinski definition) is 5. The molecule has 6 nitrogen and oxygen atoms in total. The maximum absolute atomic E-state index is 12.4. The molecule has 0 fully saturated rings. The number of hydrogen-bond donors (Lipinski definition) is 2. The Morgan fingerprint density at radius 2 is 1.74 bits per heavy atom. The van der Waals surface area contributed by atoms with Crippen molar-refractivity contribution >= 4 is 41.1 Å². The number of benzene rings is 2. The van der Waals surface area contributed by atoms with E-state index in [4.69, 9.17) is 12.2 Å². The molecule has 136 valence electrons. The van der Waals surface area contributed by atoms with Crippen LogP contribution < -0.4 is 10.9 Å². The molecule has 0 atom stereocenters. The Kier molecular flexibility index (Phi) is 5.58. The lowest BCUT2D eigenvalue weighted by molar-refractivity contribution is -0.116. The van der Waals surface area contributed by atoms with Gasteiger partial charge in [-0.25, -0.2) is 4.79 Å². The Morgan fingerprint density at radius 1 is 1.07 bits per heavy atom. The summed E-state index contributed by atoms with van der Waals surface area (Å²) >= 11 is 6.52. The maximum atomic E-state index is 12.4. The number of carbonyl (C=O) groups is 2. The molecule has 2 N–H and O–H groups in total. The van der Waals surface area contributed by atoms with Crippen molar-refractivity contribution in [2.24, 2.45) is 0 Å². The highest BCUT2D eigenvalue weighted by atomic mass is 32.1. The molecular weight excluding hydrogens is 384 g/mol. The lowest BCUT2D eigenvalue weighted by Gasteiger charge is -2.10. The number of amides is 1. The van der Waals surface area contributed by atoms with Crippen molar-refractivity contribution in [3.63, 3.8) is 0 Å². The quantitative estimate of drug-likeness (QED) is 0.641. The Hall–Kier alpha value is -3.10. The molecule has 8 heteroatoms. The zero-order valence-corrected chi connectivity index (χ0v) is 15.5. The van der Waals surface area contributed by atoms with E-state index in [2.05, 4.69) is 5.32 Å². The predicted molar refractivity (Wildman–Crippen MR) is 107 cm³/mol. The summed E-state index contributed by atoms with van der Waals surface area (Å²) in [7, 11) is 0. The zero-order valence-electron chi connectivity index (χ0n) is 13.9. The molecule has 1 amide bonds. The summed E-state index contributed by atoms with van der Waals surface area (Å²) in [4.78, 5) is 36.7. The fraction of sp³-hybridized carbons (Fsp3) is 0.0526. The standard InChI is InChI=1S/C19H14N2O4S2/c22-16(20-14-9-5-4-8-13(14)18(24)25)11-21-17(23)10-15(27-19(21)26)12-6-2-1-3-7-12/h1-10H,11H2,(H,20,22)(H,24,25). The lowest BCUT2D eigenvalue weighted by atomic mass is 10.2. The molecule has 0 aliphatic heterocycles. The Labute approximate surface area is 163 Å². The number of para-hydroxylation sites is 1. The van der Waals surface area contributed by atoms with Gasteiger partial charge in [-0.05, 0) is 29.9 Å². The molecule has 0 aliphatic carbocycles. The Bertz CT molecular complexity index is 1090. The third kappa shape index (κ3) is 4.36. The normalized spacial score (nSPS) is 10.4. The van der Waals surface area contributed by atoms with E-state index in [9.17, 15) is 19.5 Å². The van der Waals surface area contributed by atoms with Gasteiger partial charge >= 0.3 is 5.97 Å². The lowest BCUT2D eigenvalue weighted by Crippen LogP contribution is -2.27. The van der Waals surface area contributed by atoms with Crippen molar-refractivity contribution in [3.05, 3.63) is 80.5 Å². The molecule has 3 rings (SSSR count). The summed E-state index contributed by atoms with van der Waals surface area (Å²) in [5.41, 5.74) is 0.620. The number of rotatable bonds is 5. The van der Waals surface area contributed by atoms with Gasteiger partial charge in [0.15, 0.2) is 3.95 Å². The van der Waals surface area contributed by atoms with Crippen molar-refractivity contribution in [2.45, 2.75) is 6.54 Å². The summed E-state index contributed by atoms with van der Waals surface area (Å²) in [6, 6.07) is 16.9. The molecule has 0 spiro atoms. The highest BCUT2D eigenvalue weighted by molar-refractivity contribution is 7.73. The van der Waals surface area contributed by atoms with E-state index >= 15 is 0 Å². The van der Waals surface area contributed by atoms with Crippen LogP contribution in [0.1, 0.15) is 10.4 Å². The first kappa shape index (κ1) is 18.7. The Morgan fingerprint density at radius 3 is 2.41 bits per heavy atom. The number of nitrogens with zero attached hydrogens (tertiary/aromatic N) is 1. The highest BCUT2D eigenvalue weighted by Crippen LogP contribution is 2.22. The van der Waals surface area contributed by atoms with Crippen LogP contribution in [0.5, 0.6) is 0 Å². The number of anilines is 1. The molecule has 0 bridgehead atoms. The van der Waals surface area contributed by atoms with Gasteiger partial charge in [-0.1, -0.05) is 42.5 Å². The number of nitrogens with one attached hydrogen (secondary N) is 1. The van der Waals surface area contributed by atoms with Crippen molar-refractivity contribution in [3.8, 4) is 10.4 Å². The molecule has 3 aromatic rings. The van der Waals surface area contributed by atoms with Gasteiger partial charge in [0.1, 0.15) is 6.54 Å². The van der Waals surface area contributed by atoms with Crippen LogP contribution in [0.4, 0.5) is 5.69 Å². The van der Waals surface area contributed by atoms with Gasteiger partial charge in [0.25, 0.3) is 5.56 Å². The van der Waals surface area contributed by atoms with Crippen molar-refractivity contribution in [1.82, 2.24) is 4.57 Å². The second-order valence-corrected chi connectivity index (χ2v) is 7.24. The average molecular weight is 398 g/mol. The molecule has 1 aromatic heterocycles. The molecule has 0 saturated carbocycles. The van der Waals surface area contributed by atoms with Crippen LogP contribution in [0, 0.1) is 3.95 Å². The monoisotopic (exact) mass is 398 g/mol. The molecule has 0 aliphatic rings. The minimum absolute atomic E-state index is 0.0287. The van der Waals surface area contributed by atoms with Crippen LogP contribution in [-0.2, 0) is 11.3 Å². The van der Waals surface area contributed by atoms with Crippen molar-refractivity contribution < 1.29 is 14.7 Å². The van der Waals surface area contributed by atoms with Gasteiger partial charge in [0, 0.05) is 10.9 Å². The first-order valence-corrected chi connectivity index (χ1v) is 9.11. The first-order valence-electron chi connectivity index (χ1n) is 7.88. The topological polar surface area (TPSA) is 88.4 Å². The van der Waals surface area contributed by atoms with Crippen molar-refractivity contribution in [2.75, 3.05) is 5.32 Å². The summed E-state index contributed by atoms with van der Waals surface area (Å²) in [6.07, 6.45) is 0. The maximum Gasteiger partial charge on any atom is 0.337 e. The van der Waals surface area contributed by atoms with E-state index < -0.39 is 11.9 Å². The van der Waals surface area contributed by atoms with Crippen molar-refractivity contribution in [1.29, 1.82) is 0 Å². The molecule has 0 saturated heterocycles. The number of aromatic carboxylic acids is 1. The summed E-state index contributed by atoms with van der Waals surface area (Å²) < 4.78 is 1.45. The fourth-order valence-electron chi connectivity index (χ4n) is 2.46. The van der Waals surface area contributed by atoms with Gasteiger partial charge < -0.3 is 10.4 Å². The Balaban J connectivity index is 1.84. The van der Waals surface area contributed by atoms with Crippen LogP contribution in [0.25, 0.3) is 10.4 Å². The van der Waals surface area contributed by atoms with E-state index in [1.165, 1.54) is 34.1 Å². The minimum Gasteiger partial charge on any atom is -0.478 e. The van der Waals surface area contributed by atoms with Crippen LogP contribution >= 0.6 is 23.6 Å². The van der Waals surface area contributed by atoms with E-state index in [0.29, 0.717) is 0 Å². The van der Waals surface area contributed by atoms with E-state index in [0.717, 1.165) is 10.4 Å². The van der Waals surface area contributed by atoms with Gasteiger partial charge in [-0.15, -0.1) is 11.3 Å². The average Bonchev–Trinajstić information content (AvgIpc) is 2.65. The largest absolute Gasteiger partial charge is 0.478 e. The van der Waals surface area contributed by atoms with Crippen LogP contribution in [0.2, 0.25) is 0 Å². The van der Waals surface area contributed by atoms with Gasteiger partial charge in [-0.2, -0.15) is 0 Å². The second kappa shape index (κ2) is 8.07. The van der Waals surface area contributed by atoms with E-state index in [-0.39, 0.29) is 27.3 Å². The number of carboxylic acids is 1. The number of aromatic nitrogens is 1.